The second kappa shape index (κ2) is 11.3. The highest BCUT2D eigenvalue weighted by molar-refractivity contribution is 5.89. The second-order valence-corrected chi connectivity index (χ2v) is 10.2. The normalized spacial score (nSPS) is 26.0. The van der Waals surface area contributed by atoms with E-state index in [-0.39, 0.29) is 24.2 Å². The minimum absolute atomic E-state index is 0.0778. The number of rotatable bonds is 9. The highest BCUT2D eigenvalue weighted by Gasteiger charge is 2.44. The van der Waals surface area contributed by atoms with Gasteiger partial charge in [-0.2, -0.15) is 5.10 Å². The van der Waals surface area contributed by atoms with Crippen molar-refractivity contribution in [3.63, 3.8) is 0 Å². The zero-order valence-electron chi connectivity index (χ0n) is 20.9. The summed E-state index contributed by atoms with van der Waals surface area (Å²) < 4.78 is 5.81. The van der Waals surface area contributed by atoms with Gasteiger partial charge in [-0.1, -0.05) is 51.2 Å². The zero-order chi connectivity index (χ0) is 24.0. The first kappa shape index (κ1) is 24.0. The highest BCUT2D eigenvalue weighted by Crippen LogP contribution is 2.34. The van der Waals surface area contributed by atoms with E-state index in [0.717, 1.165) is 50.3 Å². The average Bonchev–Trinajstić information content (AvgIpc) is 3.40. The lowest BCUT2D eigenvalue weighted by Crippen LogP contribution is -2.54. The molecule has 1 saturated carbocycles. The number of nitrogens with one attached hydrogen (secondary N) is 3. The number of unbranched alkanes of at least 4 members (excludes halogenated alkanes) is 1. The van der Waals surface area contributed by atoms with Crippen molar-refractivity contribution in [3.05, 3.63) is 42.2 Å². The summed E-state index contributed by atoms with van der Waals surface area (Å²) in [7, 11) is 0. The number of benzene rings is 1. The van der Waals surface area contributed by atoms with Gasteiger partial charge in [0.25, 0.3) is 0 Å². The topological polar surface area (TPSA) is 81.2 Å². The van der Waals surface area contributed by atoms with Gasteiger partial charge in [0.05, 0.1) is 18.7 Å². The van der Waals surface area contributed by atoms with Crippen molar-refractivity contribution < 1.29 is 9.53 Å². The van der Waals surface area contributed by atoms with Crippen LogP contribution in [0.15, 0.2) is 41.8 Å². The number of carbonyl (C=O) groups is 1. The standard InChI is InChI=1S/C27H40N6O2/c1-2-3-18-35-22-12-10-20(11-13-22)23-19-24-27-30-29-25(32(27)16-17-33(24)31-23)14-15-26(34)28-21-8-6-4-5-7-9-21/h10-13,16-17,21,23-24,27,30-31H,2-9,14-15,18-19H2,1H3,(H,28,34). The summed E-state index contributed by atoms with van der Waals surface area (Å²) in [6, 6.07) is 9.31. The highest BCUT2D eigenvalue weighted by atomic mass is 16.5. The largest absolute Gasteiger partial charge is 0.494 e. The van der Waals surface area contributed by atoms with E-state index in [1.807, 2.05) is 0 Å². The van der Waals surface area contributed by atoms with Gasteiger partial charge >= 0.3 is 0 Å². The Bertz CT molecular complexity index is 909. The summed E-state index contributed by atoms with van der Waals surface area (Å²) in [5, 5.41) is 10.1. The van der Waals surface area contributed by atoms with E-state index in [4.69, 9.17) is 4.74 Å². The van der Waals surface area contributed by atoms with E-state index < -0.39 is 0 Å². The van der Waals surface area contributed by atoms with Crippen LogP contribution in [0.25, 0.3) is 0 Å². The molecule has 3 atom stereocenters. The van der Waals surface area contributed by atoms with Gasteiger partial charge in [0.1, 0.15) is 17.8 Å². The van der Waals surface area contributed by atoms with E-state index in [9.17, 15) is 4.79 Å². The van der Waals surface area contributed by atoms with Gasteiger partial charge in [-0.25, -0.2) is 5.43 Å². The summed E-state index contributed by atoms with van der Waals surface area (Å²) in [6.07, 6.45) is 15.8. The maximum atomic E-state index is 12.6. The van der Waals surface area contributed by atoms with Gasteiger partial charge in [0.15, 0.2) is 0 Å². The fourth-order valence-electron chi connectivity index (χ4n) is 5.61. The van der Waals surface area contributed by atoms with Crippen molar-refractivity contribution in [1.82, 2.24) is 26.1 Å². The molecule has 2 fully saturated rings. The predicted octanol–water partition coefficient (Wildman–Crippen LogP) is 4.13. The Balaban J connectivity index is 1.11. The number of ether oxygens (including phenoxy) is 1. The van der Waals surface area contributed by atoms with Gasteiger partial charge in [-0.15, -0.1) is 0 Å². The zero-order valence-corrected chi connectivity index (χ0v) is 20.9. The third-order valence-corrected chi connectivity index (χ3v) is 7.66. The molecule has 8 heteroatoms. The fourth-order valence-corrected chi connectivity index (χ4v) is 5.61. The van der Waals surface area contributed by atoms with E-state index >= 15 is 0 Å². The van der Waals surface area contributed by atoms with Crippen molar-refractivity contribution >= 4 is 11.7 Å². The van der Waals surface area contributed by atoms with Crippen molar-refractivity contribution in [2.45, 2.75) is 102 Å². The summed E-state index contributed by atoms with van der Waals surface area (Å²) in [5.74, 6) is 2.02. The number of hydrogen-bond acceptors (Lipinski definition) is 7. The maximum Gasteiger partial charge on any atom is 0.220 e. The van der Waals surface area contributed by atoms with Crippen LogP contribution in [0.4, 0.5) is 0 Å². The Labute approximate surface area is 209 Å². The molecule has 1 saturated heterocycles. The van der Waals surface area contributed by atoms with E-state index in [1.165, 1.54) is 31.2 Å². The van der Waals surface area contributed by atoms with Crippen molar-refractivity contribution in [2.24, 2.45) is 5.10 Å². The first-order valence-electron chi connectivity index (χ1n) is 13.6. The van der Waals surface area contributed by atoms with Crippen LogP contribution in [0.5, 0.6) is 5.75 Å². The Morgan fingerprint density at radius 1 is 1.14 bits per heavy atom. The monoisotopic (exact) mass is 480 g/mol. The molecular weight excluding hydrogens is 440 g/mol. The number of amidine groups is 1. The first-order chi connectivity index (χ1) is 17.2. The molecule has 190 valence electrons. The second-order valence-electron chi connectivity index (χ2n) is 10.2. The van der Waals surface area contributed by atoms with Crippen LogP contribution in [-0.4, -0.2) is 46.5 Å². The molecule has 0 spiro atoms. The van der Waals surface area contributed by atoms with Crippen LogP contribution in [0.3, 0.4) is 0 Å². The quantitative estimate of drug-likeness (QED) is 0.364. The number of amides is 1. The van der Waals surface area contributed by atoms with E-state index in [0.29, 0.717) is 18.9 Å². The Morgan fingerprint density at radius 3 is 2.71 bits per heavy atom. The van der Waals surface area contributed by atoms with Crippen molar-refractivity contribution in [3.8, 4) is 5.75 Å². The minimum atomic E-state index is 0.0778. The van der Waals surface area contributed by atoms with Gasteiger partial charge in [-0.3, -0.25) is 10.2 Å². The average molecular weight is 481 g/mol. The van der Waals surface area contributed by atoms with Gasteiger partial charge in [0, 0.05) is 31.3 Å². The molecule has 1 aliphatic carbocycles. The van der Waals surface area contributed by atoms with Crippen molar-refractivity contribution in [2.75, 3.05) is 6.61 Å². The number of hydrogen-bond donors (Lipinski definition) is 3. The van der Waals surface area contributed by atoms with Crippen LogP contribution in [-0.2, 0) is 4.79 Å². The molecule has 1 aromatic rings. The van der Waals surface area contributed by atoms with Crippen LogP contribution >= 0.6 is 0 Å². The minimum Gasteiger partial charge on any atom is -0.494 e. The van der Waals surface area contributed by atoms with Crippen molar-refractivity contribution in [1.29, 1.82) is 0 Å². The van der Waals surface area contributed by atoms with Gasteiger partial charge in [-0.05, 0) is 43.4 Å². The molecule has 3 heterocycles. The number of nitrogens with zero attached hydrogens (tertiary/aromatic N) is 3. The predicted molar refractivity (Wildman–Crippen MR) is 137 cm³/mol. The number of hydrazine groups is 1. The van der Waals surface area contributed by atoms with Gasteiger partial charge in [0.2, 0.25) is 5.91 Å². The molecule has 0 radical (unpaired) electrons. The molecule has 8 nitrogen and oxygen atoms in total. The Morgan fingerprint density at radius 2 is 1.94 bits per heavy atom. The molecule has 3 aliphatic heterocycles. The molecule has 3 unspecified atom stereocenters. The molecule has 1 aromatic carbocycles. The summed E-state index contributed by atoms with van der Waals surface area (Å²) in [4.78, 5) is 14.8. The molecule has 5 rings (SSSR count). The molecule has 3 N–H and O–H groups in total. The van der Waals surface area contributed by atoms with E-state index in [1.54, 1.807) is 0 Å². The molecule has 1 amide bonds. The molecule has 4 aliphatic rings. The molecule has 35 heavy (non-hydrogen) atoms. The van der Waals surface area contributed by atoms with Crippen LogP contribution in [0.2, 0.25) is 0 Å². The number of hydrazone groups is 1. The maximum absolute atomic E-state index is 12.6. The third kappa shape index (κ3) is 5.74. The lowest BCUT2D eigenvalue weighted by molar-refractivity contribution is -0.121. The number of fused-ring (bicyclic) bond motifs is 3. The summed E-state index contributed by atoms with van der Waals surface area (Å²) >= 11 is 0. The van der Waals surface area contributed by atoms with Gasteiger partial charge < -0.3 is 20.0 Å². The molecule has 0 aromatic heterocycles. The summed E-state index contributed by atoms with van der Waals surface area (Å²) in [5.41, 5.74) is 8.23. The smallest absolute Gasteiger partial charge is 0.220 e. The van der Waals surface area contributed by atoms with Crippen LogP contribution < -0.4 is 20.9 Å². The summed E-state index contributed by atoms with van der Waals surface area (Å²) in [6.45, 7) is 2.94. The van der Waals surface area contributed by atoms with Crippen LogP contribution in [0.1, 0.15) is 89.2 Å². The molecular formula is C27H40N6O2. The fraction of sp³-hybridized carbons (Fsp3) is 0.630. The Hall–Kier alpha value is -2.74. The SMILES string of the molecule is CCCCOc1ccc(C2CC3C4NN=C(CCC(=O)NC5CCCCCC5)N4C=CN3N2)cc1. The first-order valence-corrected chi connectivity index (χ1v) is 13.6. The number of carbonyl (C=O) groups excluding carboxylic acids is 1. The van der Waals surface area contributed by atoms with Crippen LogP contribution in [0, 0.1) is 0 Å². The third-order valence-electron chi connectivity index (χ3n) is 7.66. The lowest BCUT2D eigenvalue weighted by atomic mass is 9.99. The Kier molecular flexibility index (Phi) is 7.76. The molecule has 0 bridgehead atoms. The lowest BCUT2D eigenvalue weighted by Gasteiger charge is -2.37. The van der Waals surface area contributed by atoms with E-state index in [2.05, 4.69) is 74.8 Å².